The number of anilines is 2. The molecule has 0 aromatic carbocycles. The molecule has 92 valence electrons. The Morgan fingerprint density at radius 2 is 2.00 bits per heavy atom. The monoisotopic (exact) mass is 243 g/mol. The zero-order valence-corrected chi connectivity index (χ0v) is 9.92. The van der Waals surface area contributed by atoms with Crippen LogP contribution in [-0.2, 0) is 0 Å². The van der Waals surface area contributed by atoms with Crippen molar-refractivity contribution in [2.75, 3.05) is 17.2 Å². The largest absolute Gasteiger partial charge is 0.370 e. The van der Waals surface area contributed by atoms with Gasteiger partial charge in [0.25, 0.3) is 5.91 Å². The van der Waals surface area contributed by atoms with Crippen molar-refractivity contribution in [1.29, 1.82) is 0 Å². The van der Waals surface area contributed by atoms with Crippen molar-refractivity contribution in [3.8, 4) is 0 Å². The zero-order valence-electron chi connectivity index (χ0n) is 9.92. The van der Waals surface area contributed by atoms with Crippen molar-refractivity contribution < 1.29 is 4.79 Å². The molecule has 0 bridgehead atoms. The van der Waals surface area contributed by atoms with E-state index in [1.807, 2.05) is 6.92 Å². The molecule has 0 radical (unpaired) electrons. The molecule has 0 fully saturated rings. The van der Waals surface area contributed by atoms with Crippen molar-refractivity contribution >= 4 is 17.7 Å². The summed E-state index contributed by atoms with van der Waals surface area (Å²) in [6, 6.07) is 5.01. The summed E-state index contributed by atoms with van der Waals surface area (Å²) in [5.74, 6) is 0.686. The van der Waals surface area contributed by atoms with Crippen LogP contribution in [0.2, 0.25) is 0 Å². The number of aromatic nitrogens is 3. The Hall–Kier alpha value is -2.50. The van der Waals surface area contributed by atoms with Crippen LogP contribution in [0.1, 0.15) is 17.3 Å². The average molecular weight is 243 g/mol. The molecule has 6 heteroatoms. The summed E-state index contributed by atoms with van der Waals surface area (Å²) in [6.45, 7) is 2.71. The lowest BCUT2D eigenvalue weighted by atomic mass is 10.2. The summed E-state index contributed by atoms with van der Waals surface area (Å²) >= 11 is 0. The first-order valence-electron chi connectivity index (χ1n) is 5.58. The van der Waals surface area contributed by atoms with E-state index in [9.17, 15) is 4.79 Å². The van der Waals surface area contributed by atoms with Crippen LogP contribution in [0.25, 0.3) is 0 Å². The number of hydrogen-bond donors (Lipinski definition) is 2. The van der Waals surface area contributed by atoms with E-state index in [0.29, 0.717) is 11.4 Å². The van der Waals surface area contributed by atoms with Crippen LogP contribution in [0.15, 0.2) is 36.8 Å². The topological polar surface area (TPSA) is 79.8 Å². The highest BCUT2D eigenvalue weighted by Gasteiger charge is 2.08. The third-order valence-electron chi connectivity index (χ3n) is 2.17. The normalized spacial score (nSPS) is 9.83. The predicted molar refractivity (Wildman–Crippen MR) is 68.4 cm³/mol. The Kier molecular flexibility index (Phi) is 3.80. The van der Waals surface area contributed by atoms with Gasteiger partial charge in [-0.3, -0.25) is 10.1 Å². The maximum absolute atomic E-state index is 11.9. The van der Waals surface area contributed by atoms with E-state index in [-0.39, 0.29) is 11.9 Å². The summed E-state index contributed by atoms with van der Waals surface area (Å²) in [6.07, 6.45) is 4.72. The predicted octanol–water partition coefficient (Wildman–Crippen LogP) is 1.56. The minimum Gasteiger partial charge on any atom is -0.370 e. The lowest BCUT2D eigenvalue weighted by molar-refractivity contribution is 0.102. The molecule has 2 N–H and O–H groups in total. The molecule has 1 amide bonds. The number of amides is 1. The molecule has 0 spiro atoms. The third-order valence-corrected chi connectivity index (χ3v) is 2.17. The lowest BCUT2D eigenvalue weighted by Crippen LogP contribution is -2.14. The fourth-order valence-electron chi connectivity index (χ4n) is 1.39. The zero-order chi connectivity index (χ0) is 12.8. The SMILES string of the molecule is CCNc1cc(C(=O)Nc2ncccn2)ccn1. The van der Waals surface area contributed by atoms with Crippen LogP contribution >= 0.6 is 0 Å². The summed E-state index contributed by atoms with van der Waals surface area (Å²) in [5, 5.41) is 5.66. The number of nitrogens with one attached hydrogen (secondary N) is 2. The van der Waals surface area contributed by atoms with Crippen LogP contribution in [-0.4, -0.2) is 27.4 Å². The minimum absolute atomic E-state index is 0.261. The molecule has 6 nitrogen and oxygen atoms in total. The number of hydrogen-bond acceptors (Lipinski definition) is 5. The summed E-state index contributed by atoms with van der Waals surface area (Å²) in [4.78, 5) is 23.9. The number of pyridine rings is 1. The molecule has 0 atom stereocenters. The maximum atomic E-state index is 11.9. The Morgan fingerprint density at radius 1 is 1.22 bits per heavy atom. The number of carbonyl (C=O) groups is 1. The van der Waals surface area contributed by atoms with Gasteiger partial charge in [0.15, 0.2) is 0 Å². The van der Waals surface area contributed by atoms with Crippen molar-refractivity contribution in [3.63, 3.8) is 0 Å². The van der Waals surface area contributed by atoms with Crippen LogP contribution in [0.3, 0.4) is 0 Å². The van der Waals surface area contributed by atoms with Gasteiger partial charge in [0.05, 0.1) is 0 Å². The molecule has 2 aromatic rings. The van der Waals surface area contributed by atoms with E-state index < -0.39 is 0 Å². The number of nitrogens with zero attached hydrogens (tertiary/aromatic N) is 3. The summed E-state index contributed by atoms with van der Waals surface area (Å²) < 4.78 is 0. The van der Waals surface area contributed by atoms with Gasteiger partial charge in [0, 0.05) is 30.7 Å². The molecule has 18 heavy (non-hydrogen) atoms. The molecule has 0 aliphatic rings. The van der Waals surface area contributed by atoms with Crippen LogP contribution < -0.4 is 10.6 Å². The number of carbonyl (C=O) groups excluding carboxylic acids is 1. The second-order valence-corrected chi connectivity index (χ2v) is 3.49. The van der Waals surface area contributed by atoms with Gasteiger partial charge in [-0.05, 0) is 25.1 Å². The third kappa shape index (κ3) is 3.00. The first kappa shape index (κ1) is 12.0. The molecule has 0 unspecified atom stereocenters. The lowest BCUT2D eigenvalue weighted by Gasteiger charge is -2.05. The molecule has 0 saturated heterocycles. The Bertz CT molecular complexity index is 529. The molecule has 2 aromatic heterocycles. The molecular weight excluding hydrogens is 230 g/mol. The van der Waals surface area contributed by atoms with Gasteiger partial charge in [-0.1, -0.05) is 0 Å². The van der Waals surface area contributed by atoms with E-state index in [2.05, 4.69) is 25.6 Å². The van der Waals surface area contributed by atoms with E-state index in [1.165, 1.54) is 0 Å². The Morgan fingerprint density at radius 3 is 2.72 bits per heavy atom. The fourth-order valence-corrected chi connectivity index (χ4v) is 1.39. The Labute approximate surface area is 105 Å². The molecule has 0 saturated carbocycles. The standard InChI is InChI=1S/C12H13N5O/c1-2-13-10-8-9(4-7-14-10)11(18)17-12-15-5-3-6-16-12/h3-8H,2H2,1H3,(H,13,14)(H,15,16,17,18). The van der Waals surface area contributed by atoms with Gasteiger partial charge in [-0.15, -0.1) is 0 Å². The highest BCUT2D eigenvalue weighted by molar-refractivity contribution is 6.03. The quantitative estimate of drug-likeness (QED) is 0.851. The van der Waals surface area contributed by atoms with E-state index in [4.69, 9.17) is 0 Å². The smallest absolute Gasteiger partial charge is 0.258 e. The van der Waals surface area contributed by atoms with Crippen molar-refractivity contribution in [1.82, 2.24) is 15.0 Å². The van der Waals surface area contributed by atoms with Crippen LogP contribution in [0.4, 0.5) is 11.8 Å². The highest BCUT2D eigenvalue weighted by atomic mass is 16.1. The molecule has 2 rings (SSSR count). The number of rotatable bonds is 4. The first-order valence-corrected chi connectivity index (χ1v) is 5.58. The van der Waals surface area contributed by atoms with Crippen molar-refractivity contribution in [3.05, 3.63) is 42.4 Å². The van der Waals surface area contributed by atoms with Crippen LogP contribution in [0.5, 0.6) is 0 Å². The van der Waals surface area contributed by atoms with Crippen molar-refractivity contribution in [2.24, 2.45) is 0 Å². The first-order chi connectivity index (χ1) is 8.79. The van der Waals surface area contributed by atoms with Gasteiger partial charge in [0.2, 0.25) is 5.95 Å². The van der Waals surface area contributed by atoms with Crippen molar-refractivity contribution in [2.45, 2.75) is 6.92 Å². The summed E-state index contributed by atoms with van der Waals surface area (Å²) in [7, 11) is 0. The average Bonchev–Trinajstić information content (AvgIpc) is 2.40. The Balaban J connectivity index is 2.11. The maximum Gasteiger partial charge on any atom is 0.258 e. The van der Waals surface area contributed by atoms with Gasteiger partial charge in [-0.2, -0.15) is 0 Å². The van der Waals surface area contributed by atoms with E-state index in [1.54, 1.807) is 36.8 Å². The van der Waals surface area contributed by atoms with Gasteiger partial charge < -0.3 is 5.32 Å². The van der Waals surface area contributed by atoms with Crippen LogP contribution in [0, 0.1) is 0 Å². The van der Waals surface area contributed by atoms with Gasteiger partial charge in [0.1, 0.15) is 5.82 Å². The fraction of sp³-hybridized carbons (Fsp3) is 0.167. The molecule has 0 aliphatic carbocycles. The second-order valence-electron chi connectivity index (χ2n) is 3.49. The van der Waals surface area contributed by atoms with Gasteiger partial charge in [-0.25, -0.2) is 15.0 Å². The molecular formula is C12H13N5O. The van der Waals surface area contributed by atoms with E-state index >= 15 is 0 Å². The van der Waals surface area contributed by atoms with E-state index in [0.717, 1.165) is 6.54 Å². The second kappa shape index (κ2) is 5.72. The minimum atomic E-state index is -0.261. The molecule has 0 aliphatic heterocycles. The van der Waals surface area contributed by atoms with Gasteiger partial charge >= 0.3 is 0 Å². The highest BCUT2D eigenvalue weighted by Crippen LogP contribution is 2.08. The molecule has 2 heterocycles. The summed E-state index contributed by atoms with van der Waals surface area (Å²) in [5.41, 5.74) is 0.508.